The minimum absolute atomic E-state index is 0.113. The molecule has 6 nitrogen and oxygen atoms in total. The first-order valence-electron chi connectivity index (χ1n) is 6.30. The average molecular weight is 285 g/mol. The summed E-state index contributed by atoms with van der Waals surface area (Å²) in [6, 6.07) is 0. The van der Waals surface area contributed by atoms with Gasteiger partial charge in [0.15, 0.2) is 0 Å². The van der Waals surface area contributed by atoms with Gasteiger partial charge >= 0.3 is 10.4 Å². The van der Waals surface area contributed by atoms with Crippen LogP contribution in [-0.4, -0.2) is 59.8 Å². The van der Waals surface area contributed by atoms with Gasteiger partial charge in [-0.05, 0) is 27.3 Å². The average Bonchev–Trinajstić information content (AvgIpc) is 2.27. The monoisotopic (exact) mass is 285 g/mol. The summed E-state index contributed by atoms with van der Waals surface area (Å²) in [5.74, 6) is 0. The molecule has 0 unspecified atom stereocenters. The highest BCUT2D eigenvalue weighted by molar-refractivity contribution is 7.81. The third-order valence-corrected chi connectivity index (χ3v) is 3.40. The summed E-state index contributed by atoms with van der Waals surface area (Å²) in [4.78, 5) is 0. The number of hydrogen-bond acceptors (Lipinski definition) is 5. The Labute approximate surface area is 112 Å². The van der Waals surface area contributed by atoms with E-state index < -0.39 is 10.4 Å². The number of nitrogens with two attached hydrogens (primary N) is 1. The second kappa shape index (κ2) is 10.7. The van der Waals surface area contributed by atoms with E-state index in [2.05, 4.69) is 29.4 Å². The van der Waals surface area contributed by atoms with E-state index in [4.69, 9.17) is 5.73 Å². The zero-order valence-corrected chi connectivity index (χ0v) is 13.1. The van der Waals surface area contributed by atoms with E-state index in [1.165, 1.54) is 13.1 Å². The summed E-state index contributed by atoms with van der Waals surface area (Å²) in [7, 11) is 0.782. The van der Waals surface area contributed by atoms with Crippen molar-refractivity contribution < 1.29 is 21.3 Å². The number of nitrogens with zero attached hydrogens (tertiary/aromatic N) is 1. The van der Waals surface area contributed by atoms with Gasteiger partial charge in [-0.2, -0.15) is 8.42 Å². The third kappa shape index (κ3) is 13.9. The summed E-state index contributed by atoms with van der Waals surface area (Å²) >= 11 is 0. The smallest absolute Gasteiger partial charge is 0.330 e. The Balaban J connectivity index is 0. The molecule has 0 aromatic carbocycles. The lowest BCUT2D eigenvalue weighted by molar-refractivity contribution is -0.888. The van der Waals surface area contributed by atoms with Crippen LogP contribution in [0.5, 0.6) is 0 Å². The normalized spacial score (nSPS) is 11.9. The van der Waals surface area contributed by atoms with Crippen LogP contribution in [0, 0.1) is 0 Å². The van der Waals surface area contributed by atoms with Crippen molar-refractivity contribution in [2.45, 2.75) is 27.2 Å². The molecule has 0 aromatic heterocycles. The van der Waals surface area contributed by atoms with Crippen LogP contribution in [0.1, 0.15) is 27.2 Å². The van der Waals surface area contributed by atoms with Crippen molar-refractivity contribution in [2.24, 2.45) is 5.73 Å². The third-order valence-electron chi connectivity index (χ3n) is 2.35. The molecule has 0 saturated heterocycles. The lowest BCUT2D eigenvalue weighted by Gasteiger charge is -2.27. The van der Waals surface area contributed by atoms with Gasteiger partial charge in [-0.15, -0.1) is 0 Å². The molecule has 0 heterocycles. The van der Waals surface area contributed by atoms with Crippen molar-refractivity contribution in [3.05, 3.63) is 0 Å². The topological polar surface area (TPSA) is 78.6 Å². The highest BCUT2D eigenvalue weighted by Gasteiger charge is 2.09. The molecule has 0 amide bonds. The summed E-state index contributed by atoms with van der Waals surface area (Å²) in [6.45, 7) is 8.81. The molecule has 0 aliphatic rings. The van der Waals surface area contributed by atoms with Crippen molar-refractivity contribution in [1.82, 2.24) is 0 Å². The van der Waals surface area contributed by atoms with Crippen LogP contribution < -0.4 is 5.73 Å². The van der Waals surface area contributed by atoms with Gasteiger partial charge in [0, 0.05) is 6.42 Å². The van der Waals surface area contributed by atoms with Gasteiger partial charge in [0.2, 0.25) is 0 Å². The fraction of sp³-hybridized carbons (Fsp3) is 1.00. The molecule has 112 valence electrons. The first-order chi connectivity index (χ1) is 8.24. The molecule has 0 aliphatic heterocycles. The lowest BCUT2D eigenvalue weighted by atomic mass is 10.3. The molecule has 0 atom stereocenters. The number of quaternary nitrogens is 1. The van der Waals surface area contributed by atoms with Crippen LogP contribution in [0.25, 0.3) is 0 Å². The van der Waals surface area contributed by atoms with E-state index in [-0.39, 0.29) is 13.2 Å². The zero-order chi connectivity index (χ0) is 14.7. The zero-order valence-electron chi connectivity index (χ0n) is 12.3. The summed E-state index contributed by atoms with van der Waals surface area (Å²) in [5.41, 5.74) is 5.38. The number of hydrogen-bond donors (Lipinski definition) is 1. The maximum absolute atomic E-state index is 10.4. The first kappa shape index (κ1) is 20.1. The van der Waals surface area contributed by atoms with E-state index >= 15 is 0 Å². The second-order valence-corrected chi connectivity index (χ2v) is 5.63. The van der Waals surface area contributed by atoms with E-state index in [0.717, 1.165) is 17.4 Å². The van der Waals surface area contributed by atoms with E-state index in [1.54, 1.807) is 13.8 Å². The molecular weight excluding hydrogens is 256 g/mol. The maximum Gasteiger partial charge on any atom is 0.399 e. The van der Waals surface area contributed by atoms with Gasteiger partial charge in [-0.3, -0.25) is 0 Å². The Bertz CT molecular complexity index is 267. The molecule has 0 aromatic rings. The van der Waals surface area contributed by atoms with Crippen LogP contribution in [0.3, 0.4) is 0 Å². The van der Waals surface area contributed by atoms with Gasteiger partial charge in [0.25, 0.3) is 0 Å². The van der Waals surface area contributed by atoms with Gasteiger partial charge in [0.05, 0.1) is 40.4 Å². The standard InChI is InChI=1S/C7H19N2.C4H10O4S/c1-4-9(2,3)7-5-6-8;1-3-7-9(5,6)8-4-2/h4-8H2,1-3H3;3-4H2,1-2H3/q+1;. The van der Waals surface area contributed by atoms with Crippen LogP contribution in [0.15, 0.2) is 0 Å². The molecule has 0 radical (unpaired) electrons. The van der Waals surface area contributed by atoms with Crippen molar-refractivity contribution in [1.29, 1.82) is 0 Å². The molecule has 0 saturated carbocycles. The van der Waals surface area contributed by atoms with Crippen LogP contribution in [-0.2, 0) is 18.8 Å². The highest BCUT2D eigenvalue weighted by Crippen LogP contribution is 1.96. The lowest BCUT2D eigenvalue weighted by Crippen LogP contribution is -2.40. The quantitative estimate of drug-likeness (QED) is 0.665. The van der Waals surface area contributed by atoms with Crippen LogP contribution in [0.4, 0.5) is 0 Å². The highest BCUT2D eigenvalue weighted by atomic mass is 32.3. The van der Waals surface area contributed by atoms with Crippen LogP contribution in [0.2, 0.25) is 0 Å². The van der Waals surface area contributed by atoms with E-state index in [0.29, 0.717) is 0 Å². The van der Waals surface area contributed by atoms with E-state index in [9.17, 15) is 8.42 Å². The Kier molecular flexibility index (Phi) is 11.9. The Morgan fingerprint density at radius 1 is 1.06 bits per heavy atom. The Hall–Kier alpha value is -0.210. The second-order valence-electron chi connectivity index (χ2n) is 4.34. The maximum atomic E-state index is 10.4. The molecule has 0 bridgehead atoms. The molecule has 2 N–H and O–H groups in total. The molecule has 18 heavy (non-hydrogen) atoms. The van der Waals surface area contributed by atoms with Gasteiger partial charge < -0.3 is 10.2 Å². The summed E-state index contributed by atoms with van der Waals surface area (Å²) in [6.07, 6.45) is 1.14. The SMILES string of the molecule is CCOS(=O)(=O)OCC.CC[N+](C)(C)CCCN. The van der Waals surface area contributed by atoms with Crippen molar-refractivity contribution >= 4 is 10.4 Å². The van der Waals surface area contributed by atoms with E-state index in [1.807, 2.05) is 0 Å². The predicted octanol–water partition coefficient (Wildman–Crippen LogP) is 0.736. The summed E-state index contributed by atoms with van der Waals surface area (Å²) in [5, 5.41) is 0. The first-order valence-corrected chi connectivity index (χ1v) is 7.63. The minimum atomic E-state index is -3.68. The van der Waals surface area contributed by atoms with Gasteiger partial charge in [-0.25, -0.2) is 8.37 Å². The fourth-order valence-corrected chi connectivity index (χ4v) is 1.65. The minimum Gasteiger partial charge on any atom is -0.330 e. The molecule has 0 fully saturated rings. The number of rotatable bonds is 8. The van der Waals surface area contributed by atoms with Crippen molar-refractivity contribution in [3.63, 3.8) is 0 Å². The van der Waals surface area contributed by atoms with Crippen LogP contribution >= 0.6 is 0 Å². The molecular formula is C11H29N2O4S+. The Morgan fingerprint density at radius 3 is 1.78 bits per heavy atom. The predicted molar refractivity (Wildman–Crippen MR) is 73.4 cm³/mol. The molecule has 0 aliphatic carbocycles. The Morgan fingerprint density at radius 2 is 1.50 bits per heavy atom. The largest absolute Gasteiger partial charge is 0.399 e. The van der Waals surface area contributed by atoms with Gasteiger partial charge in [-0.1, -0.05) is 0 Å². The van der Waals surface area contributed by atoms with Crippen molar-refractivity contribution in [3.8, 4) is 0 Å². The summed E-state index contributed by atoms with van der Waals surface area (Å²) < 4.78 is 30.3. The fourth-order valence-electron chi connectivity index (χ4n) is 1.00. The molecule has 0 spiro atoms. The van der Waals surface area contributed by atoms with Crippen molar-refractivity contribution in [2.75, 3.05) is 46.9 Å². The van der Waals surface area contributed by atoms with Gasteiger partial charge in [0.1, 0.15) is 0 Å². The molecule has 0 rings (SSSR count). The molecule has 7 heteroatoms.